The summed E-state index contributed by atoms with van der Waals surface area (Å²) in [7, 11) is 0. The quantitative estimate of drug-likeness (QED) is 0.847. The summed E-state index contributed by atoms with van der Waals surface area (Å²) in [6.07, 6.45) is 0.828. The van der Waals surface area contributed by atoms with Crippen molar-refractivity contribution in [3.05, 3.63) is 35.8 Å². The predicted octanol–water partition coefficient (Wildman–Crippen LogP) is 2.86. The minimum absolute atomic E-state index is 0.188. The number of rotatable bonds is 3. The van der Waals surface area contributed by atoms with Gasteiger partial charge in [-0.25, -0.2) is 4.39 Å². The lowest BCUT2D eigenvalue weighted by atomic mass is 10.2. The smallest absolute Gasteiger partial charge is 0.125 e. The zero-order valence-corrected chi connectivity index (χ0v) is 9.70. The summed E-state index contributed by atoms with van der Waals surface area (Å²) in [6.45, 7) is 4.82. The molecule has 0 aliphatic rings. The topological polar surface area (TPSA) is 30.9 Å². The van der Waals surface area contributed by atoms with Gasteiger partial charge in [-0.05, 0) is 51.1 Å². The zero-order valence-electron chi connectivity index (χ0n) is 9.70. The molecule has 3 heteroatoms. The number of hydrogen-bond acceptors (Lipinski definition) is 1. The van der Waals surface area contributed by atoms with Crippen LogP contribution in [0.25, 0.3) is 10.9 Å². The summed E-state index contributed by atoms with van der Waals surface area (Å²) in [5.41, 5.74) is 7.73. The van der Waals surface area contributed by atoms with E-state index in [-0.39, 0.29) is 5.82 Å². The van der Waals surface area contributed by atoms with Crippen molar-refractivity contribution in [1.82, 2.24) is 4.57 Å². The second-order valence-electron chi connectivity index (χ2n) is 4.34. The van der Waals surface area contributed by atoms with Crippen molar-refractivity contribution in [3.8, 4) is 0 Å². The molecule has 0 amide bonds. The Morgan fingerprint density at radius 2 is 2.06 bits per heavy atom. The maximum Gasteiger partial charge on any atom is 0.125 e. The Labute approximate surface area is 94.9 Å². The van der Waals surface area contributed by atoms with E-state index >= 15 is 0 Å². The van der Waals surface area contributed by atoms with Crippen LogP contribution in [0.15, 0.2) is 24.3 Å². The molecule has 0 bridgehead atoms. The molecule has 0 unspecified atom stereocenters. The lowest BCUT2D eigenvalue weighted by Crippen LogP contribution is -2.10. The third-order valence-corrected chi connectivity index (χ3v) is 2.80. The van der Waals surface area contributed by atoms with Gasteiger partial charge in [0.2, 0.25) is 0 Å². The number of nitrogens with zero attached hydrogens (tertiary/aromatic N) is 1. The third-order valence-electron chi connectivity index (χ3n) is 2.80. The average Bonchev–Trinajstić information content (AvgIpc) is 2.55. The molecule has 0 fully saturated rings. The molecule has 2 N–H and O–H groups in total. The van der Waals surface area contributed by atoms with Gasteiger partial charge >= 0.3 is 0 Å². The molecule has 0 aliphatic heterocycles. The Hall–Kier alpha value is -1.35. The molecule has 2 aromatic rings. The van der Waals surface area contributed by atoms with Crippen LogP contribution in [0.2, 0.25) is 0 Å². The van der Waals surface area contributed by atoms with Crippen molar-refractivity contribution in [2.75, 3.05) is 6.54 Å². The molecule has 1 aromatic carbocycles. The Balaban J connectivity index is 2.67. The van der Waals surface area contributed by atoms with Gasteiger partial charge in [0, 0.05) is 17.1 Å². The Morgan fingerprint density at radius 1 is 1.31 bits per heavy atom. The number of halogens is 1. The fraction of sp³-hybridized carbons (Fsp3) is 0.385. The summed E-state index contributed by atoms with van der Waals surface area (Å²) < 4.78 is 15.4. The molecule has 1 heterocycles. The van der Waals surface area contributed by atoms with Gasteiger partial charge in [0.1, 0.15) is 5.82 Å². The van der Waals surface area contributed by atoms with Crippen LogP contribution in [0.3, 0.4) is 0 Å². The van der Waals surface area contributed by atoms with Crippen LogP contribution in [-0.4, -0.2) is 11.1 Å². The van der Waals surface area contributed by atoms with Crippen molar-refractivity contribution in [3.63, 3.8) is 0 Å². The van der Waals surface area contributed by atoms with Crippen molar-refractivity contribution in [2.45, 2.75) is 26.3 Å². The molecule has 2 nitrogen and oxygen atoms in total. The van der Waals surface area contributed by atoms with Crippen LogP contribution >= 0.6 is 0 Å². The summed E-state index contributed by atoms with van der Waals surface area (Å²) in [5, 5.41) is 1.08. The highest BCUT2D eigenvalue weighted by molar-refractivity contribution is 5.81. The van der Waals surface area contributed by atoms with Crippen molar-refractivity contribution in [1.29, 1.82) is 0 Å². The molecular weight excluding hydrogens is 203 g/mol. The number of benzene rings is 1. The standard InChI is InChI=1S/C13H17FN2/c1-9(2)16-12(5-6-15)7-10-3-4-11(14)8-13(10)16/h3-4,7-9H,5-6,15H2,1-2H3. The lowest BCUT2D eigenvalue weighted by Gasteiger charge is -2.14. The Kier molecular flexibility index (Phi) is 2.97. The Bertz CT molecular complexity index is 500. The van der Waals surface area contributed by atoms with E-state index in [1.54, 1.807) is 6.07 Å². The number of fused-ring (bicyclic) bond motifs is 1. The molecule has 0 saturated carbocycles. The summed E-state index contributed by atoms with van der Waals surface area (Å²) in [4.78, 5) is 0. The van der Waals surface area contributed by atoms with Crippen LogP contribution in [0.4, 0.5) is 4.39 Å². The first-order valence-corrected chi connectivity index (χ1v) is 5.63. The molecule has 0 aliphatic carbocycles. The fourth-order valence-corrected chi connectivity index (χ4v) is 2.20. The fourth-order valence-electron chi connectivity index (χ4n) is 2.20. The van der Waals surface area contributed by atoms with Gasteiger partial charge in [-0.1, -0.05) is 0 Å². The zero-order chi connectivity index (χ0) is 11.7. The van der Waals surface area contributed by atoms with E-state index in [4.69, 9.17) is 5.73 Å². The minimum atomic E-state index is -0.188. The number of nitrogens with two attached hydrogens (primary N) is 1. The summed E-state index contributed by atoms with van der Waals surface area (Å²) in [6, 6.07) is 7.33. The second kappa shape index (κ2) is 4.26. The molecule has 2 rings (SSSR count). The summed E-state index contributed by atoms with van der Waals surface area (Å²) >= 11 is 0. The Morgan fingerprint density at radius 3 is 2.69 bits per heavy atom. The predicted molar refractivity (Wildman–Crippen MR) is 65.0 cm³/mol. The number of hydrogen-bond donors (Lipinski definition) is 1. The minimum Gasteiger partial charge on any atom is -0.342 e. The van der Waals surface area contributed by atoms with E-state index in [0.717, 1.165) is 17.3 Å². The van der Waals surface area contributed by atoms with Crippen molar-refractivity contribution in [2.24, 2.45) is 5.73 Å². The van der Waals surface area contributed by atoms with E-state index in [2.05, 4.69) is 24.5 Å². The van der Waals surface area contributed by atoms with Crippen LogP contribution in [0.1, 0.15) is 25.6 Å². The van der Waals surface area contributed by atoms with Crippen LogP contribution in [0.5, 0.6) is 0 Å². The molecular formula is C13H17FN2. The van der Waals surface area contributed by atoms with Gasteiger partial charge in [0.05, 0.1) is 5.52 Å². The number of aromatic nitrogens is 1. The highest BCUT2D eigenvalue weighted by atomic mass is 19.1. The van der Waals surface area contributed by atoms with Gasteiger partial charge in [0.15, 0.2) is 0 Å². The van der Waals surface area contributed by atoms with E-state index < -0.39 is 0 Å². The van der Waals surface area contributed by atoms with Gasteiger partial charge in [-0.3, -0.25) is 0 Å². The van der Waals surface area contributed by atoms with Gasteiger partial charge < -0.3 is 10.3 Å². The molecule has 1 aromatic heterocycles. The average molecular weight is 220 g/mol. The molecule has 0 atom stereocenters. The van der Waals surface area contributed by atoms with Crippen LogP contribution in [-0.2, 0) is 6.42 Å². The maximum atomic E-state index is 13.2. The maximum absolute atomic E-state index is 13.2. The van der Waals surface area contributed by atoms with Gasteiger partial charge in [-0.15, -0.1) is 0 Å². The largest absolute Gasteiger partial charge is 0.342 e. The highest BCUT2D eigenvalue weighted by Crippen LogP contribution is 2.25. The van der Waals surface area contributed by atoms with Crippen molar-refractivity contribution < 1.29 is 4.39 Å². The highest BCUT2D eigenvalue weighted by Gasteiger charge is 2.11. The van der Waals surface area contributed by atoms with Gasteiger partial charge in [-0.2, -0.15) is 0 Å². The van der Waals surface area contributed by atoms with E-state index in [9.17, 15) is 4.39 Å². The lowest BCUT2D eigenvalue weighted by molar-refractivity contribution is 0.589. The normalized spacial score (nSPS) is 11.6. The van der Waals surface area contributed by atoms with Crippen molar-refractivity contribution >= 4 is 10.9 Å². The van der Waals surface area contributed by atoms with Crippen LogP contribution < -0.4 is 5.73 Å². The molecule has 0 saturated heterocycles. The van der Waals surface area contributed by atoms with Gasteiger partial charge in [0.25, 0.3) is 0 Å². The molecule has 0 radical (unpaired) electrons. The molecule has 16 heavy (non-hydrogen) atoms. The first-order valence-electron chi connectivity index (χ1n) is 5.63. The molecule has 86 valence electrons. The monoisotopic (exact) mass is 220 g/mol. The van der Waals surface area contributed by atoms with E-state index in [1.807, 2.05) is 6.07 Å². The SMILES string of the molecule is CC(C)n1c(CCN)cc2ccc(F)cc21. The first-order chi connectivity index (χ1) is 7.63. The first kappa shape index (κ1) is 11.1. The van der Waals surface area contributed by atoms with E-state index in [1.165, 1.54) is 11.8 Å². The third kappa shape index (κ3) is 1.83. The van der Waals surface area contributed by atoms with Crippen LogP contribution in [0, 0.1) is 5.82 Å². The van der Waals surface area contributed by atoms with E-state index in [0.29, 0.717) is 12.6 Å². The summed E-state index contributed by atoms with van der Waals surface area (Å²) in [5.74, 6) is -0.188. The molecule has 0 spiro atoms. The second-order valence-corrected chi connectivity index (χ2v) is 4.34.